The Morgan fingerprint density at radius 3 is 2.24 bits per heavy atom. The first-order valence-corrected chi connectivity index (χ1v) is 6.44. The Morgan fingerprint density at radius 1 is 1.00 bits per heavy atom. The average Bonchev–Trinajstić information content (AvgIpc) is 2.28. The normalized spacial score (nSPS) is 11.4. The van der Waals surface area contributed by atoms with Gasteiger partial charge in [0.05, 0.1) is 11.6 Å². The van der Waals surface area contributed by atoms with Crippen LogP contribution in [0.15, 0.2) is 41.3 Å². The Kier molecular flexibility index (Phi) is 3.13. The van der Waals surface area contributed by atoms with E-state index in [1.54, 1.807) is 0 Å². The fraction of sp³-hybridized carbons (Fsp3) is 0.267. The van der Waals surface area contributed by atoms with Gasteiger partial charge in [0.15, 0.2) is 0 Å². The molecule has 0 aliphatic rings. The van der Waals surface area contributed by atoms with Crippen molar-refractivity contribution in [1.29, 1.82) is 5.26 Å². The molecule has 1 nitrogen and oxygen atoms in total. The van der Waals surface area contributed by atoms with Gasteiger partial charge in [-0.25, -0.2) is 0 Å². The van der Waals surface area contributed by atoms with Crippen LogP contribution in [0, 0.1) is 11.3 Å². The molecular formula is C15H15NS. The van der Waals surface area contributed by atoms with Gasteiger partial charge >= 0.3 is 0 Å². The minimum atomic E-state index is 0.178. The van der Waals surface area contributed by atoms with E-state index in [2.05, 4.69) is 39.0 Å². The molecule has 2 heteroatoms. The third-order valence-electron chi connectivity index (χ3n) is 2.42. The first kappa shape index (κ1) is 12.0. The molecule has 0 saturated heterocycles. The van der Waals surface area contributed by atoms with Crippen molar-refractivity contribution in [2.45, 2.75) is 30.4 Å². The average molecular weight is 241 g/mol. The van der Waals surface area contributed by atoms with Gasteiger partial charge in [-0.2, -0.15) is 5.26 Å². The smallest absolute Gasteiger partial charge is 0.0998 e. The lowest BCUT2D eigenvalue weighted by Gasteiger charge is -2.19. The summed E-state index contributed by atoms with van der Waals surface area (Å²) in [5.74, 6) is 0. The summed E-state index contributed by atoms with van der Waals surface area (Å²) in [4.78, 5) is 1.24. The Bertz CT molecular complexity index is 588. The van der Waals surface area contributed by atoms with Crippen LogP contribution in [0.25, 0.3) is 10.8 Å². The molecule has 2 aromatic carbocycles. The molecular weight excluding hydrogens is 226 g/mol. The van der Waals surface area contributed by atoms with E-state index in [0.717, 1.165) is 10.9 Å². The molecule has 0 amide bonds. The maximum absolute atomic E-state index is 9.10. The second-order valence-corrected chi connectivity index (χ2v) is 6.85. The van der Waals surface area contributed by atoms with Crippen LogP contribution in [-0.2, 0) is 0 Å². The summed E-state index contributed by atoms with van der Waals surface area (Å²) < 4.78 is 0.178. The summed E-state index contributed by atoms with van der Waals surface area (Å²) in [5, 5.41) is 11.3. The number of nitrogens with zero attached hydrogens (tertiary/aromatic N) is 1. The fourth-order valence-electron chi connectivity index (χ4n) is 1.79. The Balaban J connectivity index is 2.64. The number of nitriles is 1. The van der Waals surface area contributed by atoms with Gasteiger partial charge in [0.25, 0.3) is 0 Å². The van der Waals surface area contributed by atoms with Crippen molar-refractivity contribution in [3.63, 3.8) is 0 Å². The summed E-state index contributed by atoms with van der Waals surface area (Å²) in [5.41, 5.74) is 0.749. The molecule has 0 saturated carbocycles. The molecule has 0 radical (unpaired) electrons. The fourth-order valence-corrected chi connectivity index (χ4v) is 2.87. The number of rotatable bonds is 1. The third-order valence-corrected chi connectivity index (χ3v) is 3.61. The molecule has 86 valence electrons. The van der Waals surface area contributed by atoms with E-state index in [1.165, 1.54) is 10.3 Å². The van der Waals surface area contributed by atoms with Crippen LogP contribution in [-0.4, -0.2) is 4.75 Å². The predicted molar refractivity (Wildman–Crippen MR) is 74.3 cm³/mol. The zero-order valence-corrected chi connectivity index (χ0v) is 11.1. The first-order chi connectivity index (χ1) is 8.01. The second kappa shape index (κ2) is 4.43. The largest absolute Gasteiger partial charge is 0.192 e. The van der Waals surface area contributed by atoms with Crippen molar-refractivity contribution in [3.8, 4) is 6.07 Å². The summed E-state index contributed by atoms with van der Waals surface area (Å²) in [6.07, 6.45) is 0. The van der Waals surface area contributed by atoms with E-state index in [0.29, 0.717) is 0 Å². The summed E-state index contributed by atoms with van der Waals surface area (Å²) in [7, 11) is 0. The van der Waals surface area contributed by atoms with Gasteiger partial charge in [-0.05, 0) is 17.5 Å². The molecule has 2 rings (SSSR count). The predicted octanol–water partition coefficient (Wildman–Crippen LogP) is 4.60. The van der Waals surface area contributed by atoms with Gasteiger partial charge in [-0.15, -0.1) is 11.8 Å². The van der Waals surface area contributed by atoms with Crippen LogP contribution in [0.2, 0.25) is 0 Å². The van der Waals surface area contributed by atoms with Gasteiger partial charge in [-0.1, -0.05) is 45.0 Å². The molecule has 0 aromatic heterocycles. The SMILES string of the molecule is CC(C)(C)Sc1ccc(C#N)c2ccccc12. The van der Waals surface area contributed by atoms with Gasteiger partial charge < -0.3 is 0 Å². The highest BCUT2D eigenvalue weighted by Gasteiger charge is 2.14. The van der Waals surface area contributed by atoms with Crippen LogP contribution in [0.5, 0.6) is 0 Å². The lowest BCUT2D eigenvalue weighted by molar-refractivity contribution is 0.803. The zero-order valence-electron chi connectivity index (χ0n) is 10.3. The van der Waals surface area contributed by atoms with E-state index in [-0.39, 0.29) is 4.75 Å². The molecule has 0 fully saturated rings. The van der Waals surface area contributed by atoms with E-state index in [9.17, 15) is 0 Å². The highest BCUT2D eigenvalue weighted by atomic mass is 32.2. The van der Waals surface area contributed by atoms with Crippen LogP contribution in [0.1, 0.15) is 26.3 Å². The van der Waals surface area contributed by atoms with Crippen molar-refractivity contribution in [2.75, 3.05) is 0 Å². The summed E-state index contributed by atoms with van der Waals surface area (Å²) >= 11 is 1.84. The first-order valence-electron chi connectivity index (χ1n) is 5.62. The number of fused-ring (bicyclic) bond motifs is 1. The van der Waals surface area contributed by atoms with Crippen molar-refractivity contribution >= 4 is 22.5 Å². The van der Waals surface area contributed by atoms with E-state index in [1.807, 2.05) is 36.0 Å². The molecule has 0 spiro atoms. The van der Waals surface area contributed by atoms with Crippen molar-refractivity contribution in [3.05, 3.63) is 42.0 Å². The number of benzene rings is 2. The van der Waals surface area contributed by atoms with Crippen LogP contribution in [0.4, 0.5) is 0 Å². The van der Waals surface area contributed by atoms with E-state index in [4.69, 9.17) is 5.26 Å². The van der Waals surface area contributed by atoms with E-state index >= 15 is 0 Å². The van der Waals surface area contributed by atoms with Gasteiger partial charge in [0.2, 0.25) is 0 Å². The summed E-state index contributed by atoms with van der Waals surface area (Å²) in [6, 6.07) is 14.3. The molecule has 17 heavy (non-hydrogen) atoms. The topological polar surface area (TPSA) is 23.8 Å². The second-order valence-electron chi connectivity index (χ2n) is 4.98. The molecule has 0 unspecified atom stereocenters. The zero-order chi connectivity index (χ0) is 12.5. The highest BCUT2D eigenvalue weighted by molar-refractivity contribution is 8.00. The maximum Gasteiger partial charge on any atom is 0.0998 e. The maximum atomic E-state index is 9.10. The lowest BCUT2D eigenvalue weighted by atomic mass is 10.1. The van der Waals surface area contributed by atoms with Crippen molar-refractivity contribution in [1.82, 2.24) is 0 Å². The van der Waals surface area contributed by atoms with Crippen LogP contribution < -0.4 is 0 Å². The summed E-state index contributed by atoms with van der Waals surface area (Å²) in [6.45, 7) is 6.60. The van der Waals surface area contributed by atoms with E-state index < -0.39 is 0 Å². The Hall–Kier alpha value is -1.46. The minimum absolute atomic E-state index is 0.178. The molecule has 0 aliphatic heterocycles. The Labute approximate surface area is 106 Å². The molecule has 0 atom stereocenters. The number of hydrogen-bond acceptors (Lipinski definition) is 2. The number of hydrogen-bond donors (Lipinski definition) is 0. The van der Waals surface area contributed by atoms with Crippen LogP contribution in [0.3, 0.4) is 0 Å². The molecule has 0 N–H and O–H groups in total. The van der Waals surface area contributed by atoms with Crippen LogP contribution >= 0.6 is 11.8 Å². The Morgan fingerprint density at radius 2 is 1.65 bits per heavy atom. The molecule has 0 bridgehead atoms. The van der Waals surface area contributed by atoms with Gasteiger partial charge in [-0.3, -0.25) is 0 Å². The lowest BCUT2D eigenvalue weighted by Crippen LogP contribution is -2.06. The van der Waals surface area contributed by atoms with Crippen molar-refractivity contribution < 1.29 is 0 Å². The monoisotopic (exact) mass is 241 g/mol. The standard InChI is InChI=1S/C15H15NS/c1-15(2,3)17-14-9-8-11(10-16)12-6-4-5-7-13(12)14/h4-9H,1-3H3. The molecule has 2 aromatic rings. The third kappa shape index (κ3) is 2.62. The van der Waals surface area contributed by atoms with Gasteiger partial charge in [0, 0.05) is 15.0 Å². The molecule has 0 heterocycles. The molecule has 0 aliphatic carbocycles. The van der Waals surface area contributed by atoms with Gasteiger partial charge in [0.1, 0.15) is 0 Å². The van der Waals surface area contributed by atoms with Crippen molar-refractivity contribution in [2.24, 2.45) is 0 Å². The minimum Gasteiger partial charge on any atom is -0.192 e. The highest BCUT2D eigenvalue weighted by Crippen LogP contribution is 2.37. The quantitative estimate of drug-likeness (QED) is 0.681. The number of thioether (sulfide) groups is 1.